The average molecular weight is 525 g/mol. The van der Waals surface area contributed by atoms with Crippen LogP contribution in [0.4, 0.5) is 5.82 Å². The molecule has 4 rings (SSSR count). The summed E-state index contributed by atoms with van der Waals surface area (Å²) in [7, 11) is 0. The molecule has 0 bridgehead atoms. The number of benzene rings is 3. The van der Waals surface area contributed by atoms with E-state index in [1.807, 2.05) is 55.5 Å². The molecule has 39 heavy (non-hydrogen) atoms. The largest absolute Gasteiger partial charge is 0.508 e. The van der Waals surface area contributed by atoms with Gasteiger partial charge in [-0.05, 0) is 85.3 Å². The minimum atomic E-state index is -0.701. The molecule has 1 atom stereocenters. The van der Waals surface area contributed by atoms with Crippen LogP contribution in [0.25, 0.3) is 11.1 Å². The number of aromatic hydroxyl groups is 1. The van der Waals surface area contributed by atoms with Crippen LogP contribution in [0.3, 0.4) is 0 Å². The Balaban J connectivity index is 1.33. The molecule has 0 radical (unpaired) electrons. The lowest BCUT2D eigenvalue weighted by molar-refractivity contribution is 0.0950. The highest BCUT2D eigenvalue weighted by Gasteiger charge is 2.21. The summed E-state index contributed by atoms with van der Waals surface area (Å²) in [6.07, 6.45) is 1.56. The van der Waals surface area contributed by atoms with Gasteiger partial charge in [-0.15, -0.1) is 0 Å². The van der Waals surface area contributed by atoms with Crippen molar-refractivity contribution in [1.29, 1.82) is 0 Å². The predicted octanol–water partition coefficient (Wildman–Crippen LogP) is 4.92. The molecule has 4 aromatic rings. The molecule has 0 saturated carbocycles. The normalized spacial score (nSPS) is 12.2. The molecular weight excluding hydrogens is 488 g/mol. The molecule has 1 amide bonds. The first-order valence-corrected chi connectivity index (χ1v) is 13.0. The molecule has 1 aromatic heterocycles. The van der Waals surface area contributed by atoms with Crippen molar-refractivity contribution in [2.45, 2.75) is 45.4 Å². The van der Waals surface area contributed by atoms with Gasteiger partial charge < -0.3 is 26.6 Å². The number of phenolic OH excluding ortho intramolecular Hbond substituents is 1. The van der Waals surface area contributed by atoms with Gasteiger partial charge in [0, 0.05) is 36.0 Å². The topological polar surface area (TPSA) is 120 Å². The van der Waals surface area contributed by atoms with Crippen molar-refractivity contribution in [1.82, 2.24) is 15.6 Å². The summed E-state index contributed by atoms with van der Waals surface area (Å²) >= 11 is 0. The van der Waals surface area contributed by atoms with E-state index in [-0.39, 0.29) is 17.2 Å². The lowest BCUT2D eigenvalue weighted by atomic mass is 9.93. The summed E-state index contributed by atoms with van der Waals surface area (Å²) in [6.45, 7) is 6.96. The van der Waals surface area contributed by atoms with Crippen LogP contribution in [-0.2, 0) is 13.0 Å². The summed E-state index contributed by atoms with van der Waals surface area (Å²) in [5, 5.41) is 26.5. The Labute approximate surface area is 229 Å². The van der Waals surface area contributed by atoms with E-state index in [4.69, 9.17) is 5.73 Å². The van der Waals surface area contributed by atoms with Crippen molar-refractivity contribution in [3.63, 3.8) is 0 Å². The summed E-state index contributed by atoms with van der Waals surface area (Å²) in [5.41, 5.74) is 11.9. The number of nitrogens with two attached hydrogens (primary N) is 1. The van der Waals surface area contributed by atoms with E-state index >= 15 is 0 Å². The van der Waals surface area contributed by atoms with Crippen LogP contribution in [0, 0.1) is 6.92 Å². The van der Waals surface area contributed by atoms with E-state index in [1.165, 1.54) is 0 Å². The molecule has 7 heteroatoms. The molecule has 0 aliphatic carbocycles. The van der Waals surface area contributed by atoms with Crippen LogP contribution in [0.2, 0.25) is 0 Å². The van der Waals surface area contributed by atoms with Crippen LogP contribution in [-0.4, -0.2) is 33.2 Å². The van der Waals surface area contributed by atoms with E-state index in [9.17, 15) is 15.0 Å². The Hall–Kier alpha value is -4.20. The zero-order valence-corrected chi connectivity index (χ0v) is 22.6. The lowest BCUT2D eigenvalue weighted by Crippen LogP contribution is -2.43. The Bertz CT molecular complexity index is 1420. The second-order valence-electron chi connectivity index (χ2n) is 10.5. The van der Waals surface area contributed by atoms with Gasteiger partial charge in [0.15, 0.2) is 0 Å². The number of amides is 1. The fraction of sp³-hybridized carbons (Fsp3) is 0.250. The molecule has 0 saturated heterocycles. The minimum absolute atomic E-state index is 0.129. The number of anilines is 1. The molecule has 1 heterocycles. The van der Waals surface area contributed by atoms with Gasteiger partial charge in [0.2, 0.25) is 0 Å². The number of rotatable bonds is 10. The van der Waals surface area contributed by atoms with E-state index in [0.717, 1.165) is 27.8 Å². The second kappa shape index (κ2) is 12.1. The Morgan fingerprint density at radius 1 is 1.00 bits per heavy atom. The fourth-order valence-electron chi connectivity index (χ4n) is 4.51. The predicted molar refractivity (Wildman–Crippen MR) is 155 cm³/mol. The van der Waals surface area contributed by atoms with E-state index in [1.54, 1.807) is 30.5 Å². The number of carbonyl (C=O) groups is 1. The number of aliphatic hydroxyl groups excluding tert-OH is 1. The molecule has 0 aliphatic heterocycles. The highest BCUT2D eigenvalue weighted by molar-refractivity contribution is 5.94. The number of aromatic nitrogens is 1. The molecule has 202 valence electrons. The number of nitrogen functional groups attached to an aromatic ring is 1. The molecule has 3 aromatic carbocycles. The lowest BCUT2D eigenvalue weighted by Gasteiger charge is -2.28. The van der Waals surface area contributed by atoms with Crippen LogP contribution in [0.5, 0.6) is 5.75 Å². The number of nitrogens with zero attached hydrogens (tertiary/aromatic N) is 1. The van der Waals surface area contributed by atoms with Crippen LogP contribution >= 0.6 is 0 Å². The highest BCUT2D eigenvalue weighted by atomic mass is 16.3. The van der Waals surface area contributed by atoms with Crippen molar-refractivity contribution < 1.29 is 15.0 Å². The third-order valence-electron chi connectivity index (χ3n) is 6.79. The standard InChI is InChI=1S/C32H36N4O3/c1-21-15-24(23-9-12-28(37)13-10-23)7-8-26(21)18-35-31(39)25-6-4-5-22(16-25)17-32(2,3)36-20-29(38)27-11-14-30(33)34-19-27/h4-16,19,29,36-38H,17-18,20H2,1-3H3,(H2,33,34)(H,35,39)/t29-/m0/s1. The van der Waals surface area contributed by atoms with Crippen LogP contribution < -0.4 is 16.4 Å². The molecule has 0 spiro atoms. The van der Waals surface area contributed by atoms with Gasteiger partial charge in [-0.1, -0.05) is 48.5 Å². The number of carbonyl (C=O) groups excluding carboxylic acids is 1. The third-order valence-corrected chi connectivity index (χ3v) is 6.79. The Morgan fingerprint density at radius 3 is 2.44 bits per heavy atom. The minimum Gasteiger partial charge on any atom is -0.508 e. The van der Waals surface area contributed by atoms with Gasteiger partial charge >= 0.3 is 0 Å². The van der Waals surface area contributed by atoms with Crippen LogP contribution in [0.15, 0.2) is 85.1 Å². The number of aliphatic hydroxyl groups is 1. The molecule has 0 aliphatic rings. The van der Waals surface area contributed by atoms with Crippen molar-refractivity contribution in [2.75, 3.05) is 12.3 Å². The maximum absolute atomic E-state index is 13.0. The van der Waals surface area contributed by atoms with Gasteiger partial charge in [0.25, 0.3) is 5.91 Å². The summed E-state index contributed by atoms with van der Waals surface area (Å²) in [5.74, 6) is 0.530. The van der Waals surface area contributed by atoms with Gasteiger partial charge in [-0.25, -0.2) is 4.98 Å². The number of phenols is 1. The molecule has 6 N–H and O–H groups in total. The zero-order chi connectivity index (χ0) is 28.0. The van der Waals surface area contributed by atoms with Gasteiger partial charge in [0.05, 0.1) is 6.10 Å². The first kappa shape index (κ1) is 27.8. The SMILES string of the molecule is Cc1cc(-c2ccc(O)cc2)ccc1CNC(=O)c1cccc(CC(C)(C)NC[C@H](O)c2ccc(N)nc2)c1. The quantitative estimate of drug-likeness (QED) is 0.201. The maximum Gasteiger partial charge on any atom is 0.251 e. The van der Waals surface area contributed by atoms with E-state index in [2.05, 4.69) is 35.5 Å². The highest BCUT2D eigenvalue weighted by Crippen LogP contribution is 2.24. The van der Waals surface area contributed by atoms with Gasteiger partial charge in [-0.3, -0.25) is 4.79 Å². The monoisotopic (exact) mass is 524 g/mol. The van der Waals surface area contributed by atoms with Gasteiger partial charge in [0.1, 0.15) is 11.6 Å². The summed E-state index contributed by atoms with van der Waals surface area (Å²) in [4.78, 5) is 17.0. The number of hydrogen-bond donors (Lipinski definition) is 5. The molecular formula is C32H36N4O3. The zero-order valence-electron chi connectivity index (χ0n) is 22.6. The Morgan fingerprint density at radius 2 is 1.74 bits per heavy atom. The number of pyridine rings is 1. The van der Waals surface area contributed by atoms with E-state index in [0.29, 0.717) is 36.5 Å². The first-order valence-electron chi connectivity index (χ1n) is 13.0. The third kappa shape index (κ3) is 7.66. The van der Waals surface area contributed by atoms with Crippen molar-refractivity contribution in [3.8, 4) is 16.9 Å². The number of hydrogen-bond acceptors (Lipinski definition) is 6. The van der Waals surface area contributed by atoms with Gasteiger partial charge in [-0.2, -0.15) is 0 Å². The fourth-order valence-corrected chi connectivity index (χ4v) is 4.51. The molecule has 0 fully saturated rings. The Kier molecular flexibility index (Phi) is 8.64. The average Bonchev–Trinajstić information content (AvgIpc) is 2.91. The van der Waals surface area contributed by atoms with Crippen molar-refractivity contribution >= 4 is 11.7 Å². The number of β-amino-alcohol motifs (C(OH)–C–C–N with tert-alkyl or cyclic N) is 1. The molecule has 0 unspecified atom stereocenters. The van der Waals surface area contributed by atoms with E-state index < -0.39 is 6.10 Å². The first-order chi connectivity index (χ1) is 18.6. The van der Waals surface area contributed by atoms with Crippen molar-refractivity contribution in [3.05, 3.63) is 113 Å². The summed E-state index contributed by atoms with van der Waals surface area (Å²) < 4.78 is 0. The smallest absolute Gasteiger partial charge is 0.251 e. The maximum atomic E-state index is 13.0. The summed E-state index contributed by atoms with van der Waals surface area (Å²) in [6, 6.07) is 24.3. The van der Waals surface area contributed by atoms with Crippen LogP contribution in [0.1, 0.15) is 52.6 Å². The molecule has 7 nitrogen and oxygen atoms in total. The number of nitrogens with one attached hydrogen (secondary N) is 2. The number of aryl methyl sites for hydroxylation is 1. The second-order valence-corrected chi connectivity index (χ2v) is 10.5. The van der Waals surface area contributed by atoms with Crippen molar-refractivity contribution in [2.24, 2.45) is 0 Å².